The quantitative estimate of drug-likeness (QED) is 0.311. The van der Waals surface area contributed by atoms with Gasteiger partial charge in [-0.3, -0.25) is 14.2 Å². The Labute approximate surface area is 192 Å². The summed E-state index contributed by atoms with van der Waals surface area (Å²) < 4.78 is 6.81. The lowest BCUT2D eigenvalue weighted by molar-refractivity contribution is -0.120. The number of furan rings is 1. The van der Waals surface area contributed by atoms with Gasteiger partial charge in [-0.1, -0.05) is 23.4 Å². The smallest absolute Gasteiger partial charge is 0.267 e. The van der Waals surface area contributed by atoms with Crippen LogP contribution in [0.25, 0.3) is 15.9 Å². The number of carbonyl (C=O) groups is 1. The van der Waals surface area contributed by atoms with Gasteiger partial charge < -0.3 is 9.73 Å². The lowest BCUT2D eigenvalue weighted by Crippen LogP contribution is -2.31. The molecule has 31 heavy (non-hydrogen) atoms. The fourth-order valence-electron chi connectivity index (χ4n) is 3.11. The number of nitrogens with zero attached hydrogens (tertiary/aromatic N) is 2. The Morgan fingerprint density at radius 3 is 2.71 bits per heavy atom. The van der Waals surface area contributed by atoms with Crippen molar-refractivity contribution in [2.45, 2.75) is 37.7 Å². The highest BCUT2D eigenvalue weighted by Crippen LogP contribution is 2.31. The molecule has 3 heterocycles. The molecule has 1 aromatic carbocycles. The Kier molecular flexibility index (Phi) is 6.22. The van der Waals surface area contributed by atoms with Gasteiger partial charge in [0.05, 0.1) is 29.1 Å². The lowest BCUT2D eigenvalue weighted by atomic mass is 10.2. The number of aromatic nitrogens is 2. The number of hydrogen-bond donors (Lipinski definition) is 1. The highest BCUT2D eigenvalue weighted by Gasteiger charge is 2.22. The van der Waals surface area contributed by atoms with E-state index in [9.17, 15) is 9.59 Å². The monoisotopic (exact) mass is 473 g/mol. The number of hydrogen-bond acceptors (Lipinski definition) is 6. The second-order valence-corrected chi connectivity index (χ2v) is 9.98. The Morgan fingerprint density at radius 2 is 2.03 bits per heavy atom. The molecule has 0 aliphatic carbocycles. The van der Waals surface area contributed by atoms with E-state index in [1.165, 1.54) is 23.1 Å². The number of thioether (sulfide) groups is 1. The zero-order valence-electron chi connectivity index (χ0n) is 17.1. The maximum absolute atomic E-state index is 13.5. The molecule has 1 N–H and O–H groups in total. The Hall–Kier alpha value is -2.55. The molecule has 1 unspecified atom stereocenters. The second-order valence-electron chi connectivity index (χ2n) is 7.03. The van der Waals surface area contributed by atoms with Crippen molar-refractivity contribution >= 4 is 50.8 Å². The number of fused-ring (bicyclic) bond motifs is 1. The molecule has 1 amide bonds. The number of amides is 1. The Balaban J connectivity index is 1.71. The standard InChI is InChI=1S/C22H20ClN3O3S2/c1-12-13(2)30-20-18(12)21(28)26(16-8-6-15(23)7-9-16)22(25-20)31-14(3)19(27)24-11-17-5-4-10-29-17/h4-10,14H,11H2,1-3H3,(H,24,27). The second kappa shape index (κ2) is 8.90. The van der Waals surface area contributed by atoms with E-state index >= 15 is 0 Å². The van der Waals surface area contributed by atoms with Crippen LogP contribution in [0.5, 0.6) is 0 Å². The molecule has 0 fully saturated rings. The summed E-state index contributed by atoms with van der Waals surface area (Å²) in [6.45, 7) is 6.00. The molecule has 4 rings (SSSR count). The van der Waals surface area contributed by atoms with Crippen molar-refractivity contribution in [1.82, 2.24) is 14.9 Å². The molecule has 0 saturated heterocycles. The number of nitrogens with one attached hydrogen (secondary N) is 1. The van der Waals surface area contributed by atoms with Crippen molar-refractivity contribution in [3.63, 3.8) is 0 Å². The average molecular weight is 474 g/mol. The zero-order valence-corrected chi connectivity index (χ0v) is 19.5. The van der Waals surface area contributed by atoms with E-state index in [2.05, 4.69) is 5.32 Å². The fraction of sp³-hybridized carbons (Fsp3) is 0.227. The van der Waals surface area contributed by atoms with Crippen molar-refractivity contribution in [3.8, 4) is 5.69 Å². The number of benzene rings is 1. The van der Waals surface area contributed by atoms with Crippen LogP contribution in [-0.2, 0) is 11.3 Å². The maximum atomic E-state index is 13.5. The Morgan fingerprint density at radius 1 is 1.29 bits per heavy atom. The molecule has 0 radical (unpaired) electrons. The summed E-state index contributed by atoms with van der Waals surface area (Å²) in [4.78, 5) is 32.6. The third kappa shape index (κ3) is 4.42. The third-order valence-electron chi connectivity index (χ3n) is 4.93. The van der Waals surface area contributed by atoms with Gasteiger partial charge in [-0.05, 0) is 62.7 Å². The number of aryl methyl sites for hydroxylation is 2. The predicted octanol–water partition coefficient (Wildman–Crippen LogP) is 5.11. The normalized spacial score (nSPS) is 12.3. The van der Waals surface area contributed by atoms with Crippen LogP contribution in [0.1, 0.15) is 23.1 Å². The minimum atomic E-state index is -0.472. The van der Waals surface area contributed by atoms with Crippen LogP contribution in [0, 0.1) is 13.8 Å². The highest BCUT2D eigenvalue weighted by atomic mass is 35.5. The van der Waals surface area contributed by atoms with Crippen LogP contribution in [0.3, 0.4) is 0 Å². The molecule has 0 spiro atoms. The van der Waals surface area contributed by atoms with Crippen LogP contribution >= 0.6 is 34.7 Å². The van der Waals surface area contributed by atoms with E-state index in [0.717, 1.165) is 10.4 Å². The maximum Gasteiger partial charge on any atom is 0.267 e. The summed E-state index contributed by atoms with van der Waals surface area (Å²) in [6, 6.07) is 10.6. The van der Waals surface area contributed by atoms with Gasteiger partial charge in [-0.25, -0.2) is 4.98 Å². The third-order valence-corrected chi connectivity index (χ3v) is 7.33. The molecule has 9 heteroatoms. The largest absolute Gasteiger partial charge is 0.467 e. The SMILES string of the molecule is Cc1sc2nc(SC(C)C(=O)NCc3ccco3)n(-c3ccc(Cl)cc3)c(=O)c2c1C. The molecule has 0 aliphatic heterocycles. The van der Waals surface area contributed by atoms with Crippen molar-refractivity contribution in [2.75, 3.05) is 0 Å². The molecular formula is C22H20ClN3O3S2. The van der Waals surface area contributed by atoms with E-state index in [1.807, 2.05) is 13.8 Å². The number of thiophene rings is 1. The molecule has 0 bridgehead atoms. The molecule has 0 aliphatic rings. The van der Waals surface area contributed by atoms with Crippen LogP contribution in [0.4, 0.5) is 0 Å². The van der Waals surface area contributed by atoms with Gasteiger partial charge in [0, 0.05) is 9.90 Å². The first-order valence-corrected chi connectivity index (χ1v) is 11.7. The highest BCUT2D eigenvalue weighted by molar-refractivity contribution is 8.00. The summed E-state index contributed by atoms with van der Waals surface area (Å²) >= 11 is 8.77. The van der Waals surface area contributed by atoms with E-state index in [1.54, 1.807) is 54.2 Å². The first kappa shape index (κ1) is 21.7. The molecule has 3 aromatic heterocycles. The van der Waals surface area contributed by atoms with Gasteiger partial charge >= 0.3 is 0 Å². The molecular weight excluding hydrogens is 454 g/mol. The lowest BCUT2D eigenvalue weighted by Gasteiger charge is -2.16. The predicted molar refractivity (Wildman–Crippen MR) is 126 cm³/mol. The summed E-state index contributed by atoms with van der Waals surface area (Å²) in [7, 11) is 0. The van der Waals surface area contributed by atoms with Gasteiger partial charge in [0.1, 0.15) is 10.6 Å². The number of carbonyl (C=O) groups excluding carboxylic acids is 1. The minimum absolute atomic E-state index is 0.153. The fourth-order valence-corrected chi connectivity index (χ4v) is 5.26. The van der Waals surface area contributed by atoms with Crippen LogP contribution in [0.15, 0.2) is 57.0 Å². The van der Waals surface area contributed by atoms with Crippen LogP contribution in [0.2, 0.25) is 5.02 Å². The molecule has 6 nitrogen and oxygen atoms in total. The first-order chi connectivity index (χ1) is 14.8. The number of rotatable bonds is 6. The number of halogens is 1. The zero-order chi connectivity index (χ0) is 22.1. The summed E-state index contributed by atoms with van der Waals surface area (Å²) in [5, 5.41) is 4.03. The van der Waals surface area contributed by atoms with Crippen molar-refractivity contribution < 1.29 is 9.21 Å². The van der Waals surface area contributed by atoms with E-state index in [4.69, 9.17) is 21.0 Å². The van der Waals surface area contributed by atoms with E-state index in [0.29, 0.717) is 38.4 Å². The summed E-state index contributed by atoms with van der Waals surface area (Å²) in [5.74, 6) is 0.504. The average Bonchev–Trinajstić information content (AvgIpc) is 3.35. The minimum Gasteiger partial charge on any atom is -0.467 e. The molecule has 4 aromatic rings. The Bertz CT molecular complexity index is 1290. The van der Waals surface area contributed by atoms with Crippen LogP contribution < -0.4 is 10.9 Å². The van der Waals surface area contributed by atoms with Gasteiger partial charge in [0.2, 0.25) is 5.91 Å². The summed E-state index contributed by atoms with van der Waals surface area (Å²) in [6.07, 6.45) is 1.56. The van der Waals surface area contributed by atoms with Crippen LogP contribution in [-0.4, -0.2) is 20.7 Å². The van der Waals surface area contributed by atoms with Crippen molar-refractivity contribution in [1.29, 1.82) is 0 Å². The first-order valence-electron chi connectivity index (χ1n) is 9.60. The molecule has 1 atom stereocenters. The van der Waals surface area contributed by atoms with E-state index < -0.39 is 5.25 Å². The van der Waals surface area contributed by atoms with Gasteiger partial charge in [-0.2, -0.15) is 0 Å². The molecule has 0 saturated carbocycles. The summed E-state index contributed by atoms with van der Waals surface area (Å²) in [5.41, 5.74) is 1.43. The van der Waals surface area contributed by atoms with Crippen molar-refractivity contribution in [3.05, 3.63) is 74.2 Å². The topological polar surface area (TPSA) is 77.1 Å². The van der Waals surface area contributed by atoms with Gasteiger partial charge in [-0.15, -0.1) is 11.3 Å². The van der Waals surface area contributed by atoms with Crippen molar-refractivity contribution in [2.24, 2.45) is 0 Å². The molecule has 160 valence electrons. The van der Waals surface area contributed by atoms with E-state index in [-0.39, 0.29) is 11.5 Å². The van der Waals surface area contributed by atoms with Gasteiger partial charge in [0.15, 0.2) is 5.16 Å². The van der Waals surface area contributed by atoms with Gasteiger partial charge in [0.25, 0.3) is 5.56 Å².